The van der Waals surface area contributed by atoms with Crippen LogP contribution in [-0.4, -0.2) is 25.5 Å². The molecule has 0 atom stereocenters. The minimum absolute atomic E-state index is 0.629. The van der Waals surface area contributed by atoms with Gasteiger partial charge in [-0.3, -0.25) is 0 Å². The van der Waals surface area contributed by atoms with E-state index in [1.807, 2.05) is 17.8 Å². The number of nitrogens with two attached hydrogens (primary N) is 1. The predicted octanol–water partition coefficient (Wildman–Crippen LogP) is 2.80. The lowest BCUT2D eigenvalue weighted by atomic mass is 10.2. The van der Waals surface area contributed by atoms with Gasteiger partial charge in [0.25, 0.3) is 0 Å². The van der Waals surface area contributed by atoms with Crippen molar-refractivity contribution in [3.05, 3.63) is 22.2 Å². The first-order valence-corrected chi connectivity index (χ1v) is 7.62. The van der Waals surface area contributed by atoms with Crippen LogP contribution in [0.3, 0.4) is 0 Å². The Morgan fingerprint density at radius 3 is 2.65 bits per heavy atom. The maximum atomic E-state index is 5.57. The van der Waals surface area contributed by atoms with Crippen LogP contribution in [0.2, 0.25) is 0 Å². The van der Waals surface area contributed by atoms with Crippen molar-refractivity contribution in [2.24, 2.45) is 5.73 Å². The van der Waals surface area contributed by atoms with E-state index >= 15 is 0 Å². The molecule has 94 valence electrons. The molecule has 2 N–H and O–H groups in total. The smallest absolute Gasteiger partial charge is 0.162 e. The topological polar surface area (TPSA) is 44.5 Å². The van der Waals surface area contributed by atoms with Gasteiger partial charge in [-0.2, -0.15) is 11.8 Å². The highest BCUT2D eigenvalue weighted by Crippen LogP contribution is 2.36. The average Bonchev–Trinajstić information content (AvgIpc) is 2.35. The zero-order chi connectivity index (χ0) is 12.1. The van der Waals surface area contributed by atoms with E-state index in [9.17, 15) is 0 Å². The maximum absolute atomic E-state index is 5.57. The molecule has 0 fully saturated rings. The zero-order valence-electron chi connectivity index (χ0n) is 9.58. The Balaban J connectivity index is 2.01. The first-order valence-electron chi connectivity index (χ1n) is 5.67. The molecule has 0 unspecified atom stereocenters. The normalized spacial score (nSPS) is 13.8. The van der Waals surface area contributed by atoms with Crippen LogP contribution < -0.4 is 15.2 Å². The summed E-state index contributed by atoms with van der Waals surface area (Å²) in [4.78, 5) is 0. The molecule has 5 heteroatoms. The quantitative estimate of drug-likeness (QED) is 0.848. The van der Waals surface area contributed by atoms with Gasteiger partial charge in [-0.1, -0.05) is 15.9 Å². The van der Waals surface area contributed by atoms with Crippen molar-refractivity contribution >= 4 is 27.7 Å². The van der Waals surface area contributed by atoms with Gasteiger partial charge in [0.2, 0.25) is 0 Å². The molecule has 0 saturated heterocycles. The molecule has 0 radical (unpaired) electrons. The van der Waals surface area contributed by atoms with Crippen molar-refractivity contribution < 1.29 is 9.47 Å². The Morgan fingerprint density at radius 1 is 1.24 bits per heavy atom. The lowest BCUT2D eigenvalue weighted by Crippen LogP contribution is -2.15. The van der Waals surface area contributed by atoms with Crippen molar-refractivity contribution in [1.82, 2.24) is 0 Å². The van der Waals surface area contributed by atoms with Gasteiger partial charge >= 0.3 is 0 Å². The second-order valence-corrected chi connectivity index (χ2v) is 5.74. The molecule has 0 amide bonds. The van der Waals surface area contributed by atoms with E-state index in [1.165, 1.54) is 5.56 Å². The molecule has 1 aliphatic heterocycles. The van der Waals surface area contributed by atoms with E-state index in [0.717, 1.165) is 40.4 Å². The molecule has 1 aromatic rings. The molecule has 0 aliphatic carbocycles. The van der Waals surface area contributed by atoms with Crippen LogP contribution in [0.4, 0.5) is 0 Å². The minimum atomic E-state index is 0.629. The molecule has 3 nitrogen and oxygen atoms in total. The van der Waals surface area contributed by atoms with Gasteiger partial charge in [0.05, 0.1) is 0 Å². The highest BCUT2D eigenvalue weighted by molar-refractivity contribution is 9.10. The van der Waals surface area contributed by atoms with Gasteiger partial charge in [0.15, 0.2) is 11.5 Å². The Morgan fingerprint density at radius 2 is 1.94 bits per heavy atom. The summed E-state index contributed by atoms with van der Waals surface area (Å²) in [5.74, 6) is 3.75. The Kier molecular flexibility index (Phi) is 5.00. The summed E-state index contributed by atoms with van der Waals surface area (Å²) in [6, 6.07) is 4.06. The number of thioether (sulfide) groups is 1. The molecular formula is C12H16BrNO2S. The fourth-order valence-electron chi connectivity index (χ4n) is 1.58. The molecule has 0 spiro atoms. The summed E-state index contributed by atoms with van der Waals surface area (Å²) < 4.78 is 12.2. The van der Waals surface area contributed by atoms with Gasteiger partial charge in [-0.25, -0.2) is 0 Å². The van der Waals surface area contributed by atoms with Crippen molar-refractivity contribution in [3.8, 4) is 11.5 Å². The van der Waals surface area contributed by atoms with Crippen LogP contribution >= 0.6 is 27.7 Å². The second kappa shape index (κ2) is 6.52. The van der Waals surface area contributed by atoms with Crippen LogP contribution in [0, 0.1) is 0 Å². The third kappa shape index (κ3) is 3.53. The van der Waals surface area contributed by atoms with Gasteiger partial charge < -0.3 is 15.2 Å². The molecule has 17 heavy (non-hydrogen) atoms. The van der Waals surface area contributed by atoms with Gasteiger partial charge in [-0.15, -0.1) is 0 Å². The van der Waals surface area contributed by atoms with Crippen LogP contribution in [0.5, 0.6) is 11.5 Å². The van der Waals surface area contributed by atoms with E-state index in [1.54, 1.807) is 0 Å². The van der Waals surface area contributed by atoms with Crippen molar-refractivity contribution in [2.75, 3.05) is 25.5 Å². The molecule has 1 heterocycles. The fraction of sp³-hybridized carbons (Fsp3) is 0.500. The number of benzene rings is 1. The molecule has 1 aromatic carbocycles. The first-order chi connectivity index (χ1) is 8.31. The lowest BCUT2D eigenvalue weighted by molar-refractivity contribution is 0.171. The predicted molar refractivity (Wildman–Crippen MR) is 75.0 cm³/mol. The number of fused-ring (bicyclic) bond motifs is 1. The second-order valence-electron chi connectivity index (χ2n) is 3.78. The Hall–Kier alpha value is -0.390. The first kappa shape index (κ1) is 13.1. The average molecular weight is 318 g/mol. The molecule has 0 saturated carbocycles. The summed E-state index contributed by atoms with van der Waals surface area (Å²) in [6.45, 7) is 2.02. The SMILES string of the molecule is NCCCSCc1cc2c(cc1Br)OCCO2. The Bertz CT molecular complexity index is 387. The number of halogens is 1. The standard InChI is InChI=1S/C12H16BrNO2S/c13-10-7-12-11(15-3-4-16-12)6-9(10)8-17-5-1-2-14/h6-7H,1-5,8,14H2. The number of rotatable bonds is 5. The van der Waals surface area contributed by atoms with E-state index < -0.39 is 0 Å². The van der Waals surface area contributed by atoms with Crippen LogP contribution in [-0.2, 0) is 5.75 Å². The third-order valence-corrected chi connectivity index (χ3v) is 4.29. The lowest BCUT2D eigenvalue weighted by Gasteiger charge is -2.19. The molecular weight excluding hydrogens is 302 g/mol. The van der Waals surface area contributed by atoms with Crippen LogP contribution in [0.25, 0.3) is 0 Å². The number of hydrogen-bond donors (Lipinski definition) is 1. The summed E-state index contributed by atoms with van der Waals surface area (Å²) in [5.41, 5.74) is 6.72. The van der Waals surface area contributed by atoms with Crippen molar-refractivity contribution in [3.63, 3.8) is 0 Å². The fourth-order valence-corrected chi connectivity index (χ4v) is 3.21. The third-order valence-electron chi connectivity index (χ3n) is 2.46. The largest absolute Gasteiger partial charge is 0.486 e. The maximum Gasteiger partial charge on any atom is 0.162 e. The van der Waals surface area contributed by atoms with E-state index in [2.05, 4.69) is 22.0 Å². The number of hydrogen-bond acceptors (Lipinski definition) is 4. The van der Waals surface area contributed by atoms with Crippen LogP contribution in [0.15, 0.2) is 16.6 Å². The van der Waals surface area contributed by atoms with Crippen molar-refractivity contribution in [1.29, 1.82) is 0 Å². The van der Waals surface area contributed by atoms with Gasteiger partial charge in [-0.05, 0) is 36.4 Å². The van der Waals surface area contributed by atoms with E-state index in [4.69, 9.17) is 15.2 Å². The van der Waals surface area contributed by atoms with E-state index in [-0.39, 0.29) is 0 Å². The molecule has 0 bridgehead atoms. The molecule has 1 aliphatic rings. The monoisotopic (exact) mass is 317 g/mol. The summed E-state index contributed by atoms with van der Waals surface area (Å²) in [5, 5.41) is 0. The summed E-state index contributed by atoms with van der Waals surface area (Å²) >= 11 is 5.46. The molecule has 2 rings (SSSR count). The van der Waals surface area contributed by atoms with Crippen molar-refractivity contribution in [2.45, 2.75) is 12.2 Å². The Labute approximate surface area is 114 Å². The molecule has 0 aromatic heterocycles. The van der Waals surface area contributed by atoms with Gasteiger partial charge in [0.1, 0.15) is 13.2 Å². The zero-order valence-corrected chi connectivity index (χ0v) is 12.0. The van der Waals surface area contributed by atoms with Crippen LogP contribution in [0.1, 0.15) is 12.0 Å². The minimum Gasteiger partial charge on any atom is -0.486 e. The number of ether oxygens (including phenoxy) is 2. The highest BCUT2D eigenvalue weighted by atomic mass is 79.9. The summed E-state index contributed by atoms with van der Waals surface area (Å²) in [7, 11) is 0. The van der Waals surface area contributed by atoms with Gasteiger partial charge in [0, 0.05) is 10.2 Å². The van der Waals surface area contributed by atoms with E-state index in [0.29, 0.717) is 13.2 Å². The highest BCUT2D eigenvalue weighted by Gasteiger charge is 2.14. The summed E-state index contributed by atoms with van der Waals surface area (Å²) in [6.07, 6.45) is 1.06.